The third-order valence-electron chi connectivity index (χ3n) is 5.27. The third kappa shape index (κ3) is 6.04. The van der Waals surface area contributed by atoms with Gasteiger partial charge in [0, 0.05) is 26.2 Å². The van der Waals surface area contributed by atoms with Gasteiger partial charge in [-0.15, -0.1) is 0 Å². The maximum Gasteiger partial charge on any atom is 0.325 e. The second-order valence-corrected chi connectivity index (χ2v) is 11.6. The zero-order valence-electron chi connectivity index (χ0n) is 18.9. The molecule has 186 valence electrons. The minimum Gasteiger partial charge on any atom is -0.468 e. The zero-order valence-corrected chi connectivity index (χ0v) is 22.0. The van der Waals surface area contributed by atoms with E-state index in [1.54, 1.807) is 42.5 Å². The molecule has 1 aliphatic rings. The van der Waals surface area contributed by atoms with Gasteiger partial charge in [0.05, 0.1) is 28.4 Å². The number of anilines is 2. The van der Waals surface area contributed by atoms with Crippen LogP contribution in [0.5, 0.6) is 0 Å². The molecule has 0 unspecified atom stereocenters. The van der Waals surface area contributed by atoms with Gasteiger partial charge < -0.3 is 15.4 Å². The van der Waals surface area contributed by atoms with Crippen LogP contribution in [0.4, 0.5) is 11.4 Å². The molecule has 3 aromatic rings. The maximum atomic E-state index is 13.0. The van der Waals surface area contributed by atoms with Crippen LogP contribution in [-0.2, 0) is 29.9 Å². The number of amides is 1. The van der Waals surface area contributed by atoms with Crippen LogP contribution in [0.15, 0.2) is 75.4 Å². The minimum absolute atomic E-state index is 0.0507. The second-order valence-electron chi connectivity index (χ2n) is 7.73. The van der Waals surface area contributed by atoms with E-state index >= 15 is 0 Å². The van der Waals surface area contributed by atoms with Crippen molar-refractivity contribution in [1.82, 2.24) is 0 Å². The van der Waals surface area contributed by atoms with Crippen molar-refractivity contribution in [1.29, 1.82) is 0 Å². The average molecular weight is 563 g/mol. The summed E-state index contributed by atoms with van der Waals surface area (Å²) in [5, 5.41) is 6.26. The van der Waals surface area contributed by atoms with Crippen molar-refractivity contribution in [3.05, 3.63) is 86.7 Å². The molecule has 1 aliphatic heterocycles. The number of sulfone groups is 1. The van der Waals surface area contributed by atoms with Gasteiger partial charge >= 0.3 is 5.97 Å². The van der Waals surface area contributed by atoms with Crippen LogP contribution in [-0.4, -0.2) is 33.9 Å². The Hall–Kier alpha value is -2.98. The number of fused-ring (bicyclic) bond motifs is 1. The highest BCUT2D eigenvalue weighted by Crippen LogP contribution is 2.40. The number of carbonyl (C=O) groups is 2. The van der Waals surface area contributed by atoms with E-state index in [0.29, 0.717) is 21.1 Å². The van der Waals surface area contributed by atoms with E-state index in [2.05, 4.69) is 15.4 Å². The summed E-state index contributed by atoms with van der Waals surface area (Å²) in [6.07, 6.45) is 1.73. The summed E-state index contributed by atoms with van der Waals surface area (Å²) in [4.78, 5) is 25.2. The highest BCUT2D eigenvalue weighted by atomic mass is 35.5. The summed E-state index contributed by atoms with van der Waals surface area (Å²) in [6.45, 7) is 0.0507. The fourth-order valence-corrected chi connectivity index (χ4v) is 6.42. The van der Waals surface area contributed by atoms with E-state index in [-0.39, 0.29) is 39.1 Å². The van der Waals surface area contributed by atoms with Gasteiger partial charge in [-0.05, 0) is 54.1 Å². The van der Waals surface area contributed by atoms with Gasteiger partial charge in [0.25, 0.3) is 5.91 Å². The average Bonchev–Trinajstić information content (AvgIpc) is 2.86. The number of benzene rings is 3. The van der Waals surface area contributed by atoms with Crippen molar-refractivity contribution < 1.29 is 22.7 Å². The van der Waals surface area contributed by atoms with Crippen molar-refractivity contribution >= 4 is 74.1 Å². The highest BCUT2D eigenvalue weighted by Gasteiger charge is 2.25. The molecule has 0 fully saturated rings. The van der Waals surface area contributed by atoms with E-state index in [4.69, 9.17) is 23.2 Å². The predicted octanol–water partition coefficient (Wildman–Crippen LogP) is 5.64. The number of rotatable bonds is 7. The number of hydrogen-bond donors (Lipinski definition) is 2. The van der Waals surface area contributed by atoms with Gasteiger partial charge in [-0.3, -0.25) is 9.59 Å². The van der Waals surface area contributed by atoms with Crippen molar-refractivity contribution in [3.63, 3.8) is 0 Å². The van der Waals surface area contributed by atoms with Crippen molar-refractivity contribution in [2.45, 2.75) is 15.5 Å². The molecule has 11 heteroatoms. The van der Waals surface area contributed by atoms with E-state index in [1.165, 1.54) is 31.0 Å². The SMILES string of the molecule is COC(=O)CNc1ccc(/C=C2\Sc3ccc(S(=O)(=O)Cc4c(Cl)cccc4Cl)cc3NC2=O)cc1. The van der Waals surface area contributed by atoms with Crippen LogP contribution >= 0.6 is 35.0 Å². The molecule has 7 nitrogen and oxygen atoms in total. The van der Waals surface area contributed by atoms with E-state index < -0.39 is 9.84 Å². The van der Waals surface area contributed by atoms with E-state index in [9.17, 15) is 18.0 Å². The number of halogens is 2. The summed E-state index contributed by atoms with van der Waals surface area (Å²) in [5.74, 6) is -1.08. The Kier molecular flexibility index (Phi) is 7.94. The van der Waals surface area contributed by atoms with Gasteiger partial charge in [-0.25, -0.2) is 8.42 Å². The smallest absolute Gasteiger partial charge is 0.325 e. The van der Waals surface area contributed by atoms with Gasteiger partial charge in [-0.2, -0.15) is 0 Å². The maximum absolute atomic E-state index is 13.0. The van der Waals surface area contributed by atoms with E-state index in [1.807, 2.05) is 12.1 Å². The molecule has 0 saturated heterocycles. The molecule has 4 rings (SSSR count). The Morgan fingerprint density at radius 2 is 1.78 bits per heavy atom. The minimum atomic E-state index is -3.77. The molecule has 0 radical (unpaired) electrons. The van der Waals surface area contributed by atoms with Gasteiger partial charge in [0.1, 0.15) is 6.54 Å². The molecule has 1 heterocycles. The van der Waals surface area contributed by atoms with Crippen LogP contribution in [0.25, 0.3) is 6.08 Å². The lowest BCUT2D eigenvalue weighted by atomic mass is 10.2. The predicted molar refractivity (Wildman–Crippen MR) is 143 cm³/mol. The number of nitrogens with one attached hydrogen (secondary N) is 2. The van der Waals surface area contributed by atoms with Crippen LogP contribution in [0.2, 0.25) is 10.0 Å². The third-order valence-corrected chi connectivity index (χ3v) is 8.72. The molecular weight excluding hydrogens is 543 g/mol. The summed E-state index contributed by atoms with van der Waals surface area (Å²) < 4.78 is 30.7. The molecule has 0 saturated carbocycles. The molecule has 0 aliphatic carbocycles. The standard InChI is InChI=1S/C25H20Cl2N2O5S2/c1-34-24(30)13-28-16-7-5-15(6-8-16)11-23-25(31)29-21-12-17(9-10-22(21)35-23)36(32,33)14-18-19(26)3-2-4-20(18)27/h2-12,28H,13-14H2,1H3,(H,29,31)/b23-11-. The second kappa shape index (κ2) is 11.0. The fraction of sp³-hybridized carbons (Fsp3) is 0.120. The molecule has 0 bridgehead atoms. The Balaban J connectivity index is 1.51. The number of esters is 1. The molecule has 36 heavy (non-hydrogen) atoms. The number of thioether (sulfide) groups is 1. The van der Waals surface area contributed by atoms with Crippen LogP contribution in [0.1, 0.15) is 11.1 Å². The van der Waals surface area contributed by atoms with Gasteiger partial charge in [0.2, 0.25) is 0 Å². The van der Waals surface area contributed by atoms with Crippen LogP contribution in [0, 0.1) is 0 Å². The molecule has 3 aromatic carbocycles. The first kappa shape index (κ1) is 26.1. The quantitative estimate of drug-likeness (QED) is 0.284. The Labute approximate surface area is 222 Å². The highest BCUT2D eigenvalue weighted by molar-refractivity contribution is 8.04. The summed E-state index contributed by atoms with van der Waals surface area (Å²) in [6, 6.07) is 16.6. The fourth-order valence-electron chi connectivity index (χ4n) is 3.37. The van der Waals surface area contributed by atoms with Crippen molar-refractivity contribution in [3.8, 4) is 0 Å². The molecule has 2 N–H and O–H groups in total. The Morgan fingerprint density at radius 1 is 1.08 bits per heavy atom. The van der Waals surface area contributed by atoms with E-state index in [0.717, 1.165) is 11.3 Å². The largest absolute Gasteiger partial charge is 0.468 e. The monoisotopic (exact) mass is 562 g/mol. The Bertz CT molecular complexity index is 1450. The Morgan fingerprint density at radius 3 is 2.44 bits per heavy atom. The lowest BCUT2D eigenvalue weighted by Gasteiger charge is -2.19. The molecular formula is C25H20Cl2N2O5S2. The normalized spacial score (nSPS) is 14.2. The lowest BCUT2D eigenvalue weighted by molar-refractivity contribution is -0.138. The zero-order chi connectivity index (χ0) is 25.9. The van der Waals surface area contributed by atoms with Gasteiger partial charge in [-0.1, -0.05) is 53.2 Å². The van der Waals surface area contributed by atoms with Crippen LogP contribution in [0.3, 0.4) is 0 Å². The van der Waals surface area contributed by atoms with Crippen molar-refractivity contribution in [2.75, 3.05) is 24.3 Å². The number of carbonyl (C=O) groups excluding carboxylic acids is 2. The number of methoxy groups -OCH3 is 1. The molecule has 0 aromatic heterocycles. The lowest BCUT2D eigenvalue weighted by Crippen LogP contribution is -2.18. The van der Waals surface area contributed by atoms with Crippen molar-refractivity contribution in [2.24, 2.45) is 0 Å². The number of ether oxygens (including phenoxy) is 1. The topological polar surface area (TPSA) is 102 Å². The first-order valence-corrected chi connectivity index (χ1v) is 13.8. The first-order chi connectivity index (χ1) is 17.2. The summed E-state index contributed by atoms with van der Waals surface area (Å²) >= 11 is 13.5. The molecule has 1 amide bonds. The first-order valence-electron chi connectivity index (χ1n) is 10.6. The molecule has 0 atom stereocenters. The molecule has 0 spiro atoms. The van der Waals surface area contributed by atoms with Crippen LogP contribution < -0.4 is 10.6 Å². The summed E-state index contributed by atoms with van der Waals surface area (Å²) in [5.41, 5.74) is 2.26. The summed E-state index contributed by atoms with van der Waals surface area (Å²) in [7, 11) is -2.45. The van der Waals surface area contributed by atoms with Gasteiger partial charge in [0.15, 0.2) is 9.84 Å². The number of hydrogen-bond acceptors (Lipinski definition) is 7.